The minimum absolute atomic E-state index is 0.0276. The fourth-order valence-electron chi connectivity index (χ4n) is 5.91. The zero-order chi connectivity index (χ0) is 29.7. The minimum Gasteiger partial charge on any atom is -0.460 e. The minimum atomic E-state index is -0.498. The average Bonchev–Trinajstić information content (AvgIpc) is 3.36. The molecule has 0 bridgehead atoms. The maximum atomic E-state index is 13.7. The van der Waals surface area contributed by atoms with Crippen LogP contribution >= 0.6 is 0 Å². The highest BCUT2D eigenvalue weighted by Gasteiger charge is 2.24. The zero-order valence-electron chi connectivity index (χ0n) is 25.3. The lowest BCUT2D eigenvalue weighted by molar-refractivity contribution is -0.154. The van der Waals surface area contributed by atoms with Crippen molar-refractivity contribution in [3.05, 3.63) is 101 Å². The van der Waals surface area contributed by atoms with Crippen molar-refractivity contribution in [3.8, 4) is 0 Å². The van der Waals surface area contributed by atoms with Crippen LogP contribution in [-0.4, -0.2) is 35.6 Å². The summed E-state index contributed by atoms with van der Waals surface area (Å²) in [5.41, 5.74) is 7.05. The number of carbonyl (C=O) groups is 2. The van der Waals surface area contributed by atoms with Gasteiger partial charge in [0.05, 0.1) is 12.5 Å². The fourth-order valence-corrected chi connectivity index (χ4v) is 5.91. The maximum Gasteiger partial charge on any atom is 0.306 e. The summed E-state index contributed by atoms with van der Waals surface area (Å²) < 4.78 is 5.48. The van der Waals surface area contributed by atoms with Crippen molar-refractivity contribution in [2.75, 3.05) is 18.0 Å². The van der Waals surface area contributed by atoms with Gasteiger partial charge in [-0.25, -0.2) is 0 Å². The molecule has 1 unspecified atom stereocenters. The summed E-state index contributed by atoms with van der Waals surface area (Å²) in [5.74, 6) is -0.237. The van der Waals surface area contributed by atoms with E-state index in [4.69, 9.17) is 4.74 Å². The van der Waals surface area contributed by atoms with Crippen LogP contribution in [-0.2, 0) is 27.2 Å². The Bertz CT molecular complexity index is 1540. The third-order valence-corrected chi connectivity index (χ3v) is 7.84. The highest BCUT2D eigenvalue weighted by atomic mass is 16.6. The van der Waals surface area contributed by atoms with Crippen molar-refractivity contribution in [3.63, 3.8) is 0 Å². The molecule has 3 aromatic carbocycles. The number of fused-ring (bicyclic) bond motifs is 1. The third kappa shape index (κ3) is 7.41. The lowest BCUT2D eigenvalue weighted by atomic mass is 9.94. The third-order valence-electron chi connectivity index (χ3n) is 7.84. The number of hydrogen-bond acceptors (Lipinski definition) is 4. The van der Waals surface area contributed by atoms with Crippen LogP contribution < -0.4 is 10.2 Å². The summed E-state index contributed by atoms with van der Waals surface area (Å²) in [4.78, 5) is 31.7. The number of aromatic amines is 1. The van der Waals surface area contributed by atoms with Crippen LogP contribution in [0.1, 0.15) is 80.3 Å². The number of benzene rings is 3. The van der Waals surface area contributed by atoms with Crippen molar-refractivity contribution in [1.29, 1.82) is 0 Å². The number of esters is 1. The lowest BCUT2D eigenvalue weighted by Gasteiger charge is -2.33. The van der Waals surface area contributed by atoms with Gasteiger partial charge in [0.15, 0.2) is 0 Å². The molecule has 6 heteroatoms. The van der Waals surface area contributed by atoms with Gasteiger partial charge in [-0.2, -0.15) is 0 Å². The molecule has 1 fully saturated rings. The number of amides is 1. The van der Waals surface area contributed by atoms with E-state index in [1.165, 1.54) is 30.5 Å². The molecule has 4 aromatic rings. The molecule has 1 atom stereocenters. The number of ether oxygens (including phenoxy) is 1. The van der Waals surface area contributed by atoms with E-state index in [0.29, 0.717) is 12.8 Å². The predicted molar refractivity (Wildman–Crippen MR) is 170 cm³/mol. The summed E-state index contributed by atoms with van der Waals surface area (Å²) in [6.07, 6.45) is 6.75. The molecule has 5 rings (SSSR count). The Morgan fingerprint density at radius 1 is 0.976 bits per heavy atom. The Morgan fingerprint density at radius 3 is 2.52 bits per heavy atom. The van der Waals surface area contributed by atoms with Crippen molar-refractivity contribution >= 4 is 28.5 Å². The molecule has 1 amide bonds. The van der Waals surface area contributed by atoms with Gasteiger partial charge in [0.25, 0.3) is 0 Å². The van der Waals surface area contributed by atoms with Crippen LogP contribution in [0.4, 0.5) is 5.69 Å². The smallest absolute Gasteiger partial charge is 0.306 e. The molecule has 1 aromatic heterocycles. The first-order valence-corrected chi connectivity index (χ1v) is 15.2. The van der Waals surface area contributed by atoms with E-state index in [1.54, 1.807) is 0 Å². The number of rotatable bonds is 9. The first kappa shape index (κ1) is 29.4. The molecule has 0 spiro atoms. The van der Waals surface area contributed by atoms with Crippen LogP contribution in [0, 0.1) is 6.92 Å². The summed E-state index contributed by atoms with van der Waals surface area (Å²) >= 11 is 0. The van der Waals surface area contributed by atoms with Crippen LogP contribution in [0.2, 0.25) is 0 Å². The van der Waals surface area contributed by atoms with Gasteiger partial charge in [0, 0.05) is 47.9 Å². The molecule has 2 heterocycles. The summed E-state index contributed by atoms with van der Waals surface area (Å²) in [6, 6.07) is 22.7. The van der Waals surface area contributed by atoms with E-state index >= 15 is 0 Å². The van der Waals surface area contributed by atoms with E-state index < -0.39 is 5.60 Å². The molecule has 220 valence electrons. The molecule has 1 aliphatic rings. The van der Waals surface area contributed by atoms with Gasteiger partial charge in [-0.3, -0.25) is 9.59 Å². The number of aryl methyl sites for hydroxylation is 2. The molecule has 0 radical (unpaired) electrons. The number of hydrogen-bond donors (Lipinski definition) is 2. The van der Waals surface area contributed by atoms with Crippen LogP contribution in [0.25, 0.3) is 10.9 Å². The highest BCUT2D eigenvalue weighted by Crippen LogP contribution is 2.33. The second kappa shape index (κ2) is 12.8. The summed E-state index contributed by atoms with van der Waals surface area (Å²) in [5, 5.41) is 4.43. The van der Waals surface area contributed by atoms with Gasteiger partial charge in [-0.1, -0.05) is 54.1 Å². The zero-order valence-corrected chi connectivity index (χ0v) is 25.3. The van der Waals surface area contributed by atoms with E-state index in [0.717, 1.165) is 46.2 Å². The standard InChI is InChI=1S/C36H43N3O3/c1-25-11-10-12-27(21-25)35(29-13-6-7-14-32(29)39-19-8-5-9-20-39)38-33(40)23-26-15-17-31-30(22-26)28(24-37-31)16-18-34(41)42-36(2,3)4/h6-7,10-15,17,21-22,24,35,37H,5,8-9,16,18-20,23H2,1-4H3,(H,38,40). The molecular formula is C36H43N3O3. The Morgan fingerprint density at radius 2 is 1.76 bits per heavy atom. The molecule has 1 saturated heterocycles. The number of H-pyrrole nitrogens is 1. The normalized spacial score (nSPS) is 14.5. The quantitative estimate of drug-likeness (QED) is 0.211. The van der Waals surface area contributed by atoms with E-state index in [-0.39, 0.29) is 24.3 Å². The Balaban J connectivity index is 1.36. The SMILES string of the molecule is Cc1cccc(C(NC(=O)Cc2ccc3[nH]cc(CCC(=O)OC(C)(C)C)c3c2)c2ccccc2N2CCCCC2)c1. The summed E-state index contributed by atoms with van der Waals surface area (Å²) in [7, 11) is 0. The van der Waals surface area contributed by atoms with Crippen molar-refractivity contribution in [2.24, 2.45) is 0 Å². The second-order valence-corrected chi connectivity index (χ2v) is 12.5. The van der Waals surface area contributed by atoms with E-state index in [9.17, 15) is 9.59 Å². The predicted octanol–water partition coefficient (Wildman–Crippen LogP) is 7.19. The number of para-hydroxylation sites is 1. The van der Waals surface area contributed by atoms with Crippen molar-refractivity contribution < 1.29 is 14.3 Å². The number of piperidine rings is 1. The van der Waals surface area contributed by atoms with Crippen molar-refractivity contribution in [1.82, 2.24) is 10.3 Å². The maximum absolute atomic E-state index is 13.7. The Labute approximate surface area is 249 Å². The van der Waals surface area contributed by atoms with Crippen LogP contribution in [0.3, 0.4) is 0 Å². The van der Waals surface area contributed by atoms with Gasteiger partial charge < -0.3 is 19.9 Å². The second-order valence-electron chi connectivity index (χ2n) is 12.5. The number of nitrogens with zero attached hydrogens (tertiary/aromatic N) is 1. The van der Waals surface area contributed by atoms with Crippen LogP contribution in [0.5, 0.6) is 0 Å². The number of aromatic nitrogens is 1. The van der Waals surface area contributed by atoms with Crippen molar-refractivity contribution in [2.45, 2.75) is 77.9 Å². The monoisotopic (exact) mass is 565 g/mol. The largest absolute Gasteiger partial charge is 0.460 e. The lowest BCUT2D eigenvalue weighted by Crippen LogP contribution is -2.34. The fraction of sp³-hybridized carbons (Fsp3) is 0.389. The first-order chi connectivity index (χ1) is 20.2. The molecule has 0 saturated carbocycles. The molecule has 6 nitrogen and oxygen atoms in total. The number of anilines is 1. The first-order valence-electron chi connectivity index (χ1n) is 15.2. The average molecular weight is 566 g/mol. The highest BCUT2D eigenvalue weighted by molar-refractivity contribution is 5.87. The topological polar surface area (TPSA) is 74.4 Å². The number of nitrogens with one attached hydrogen (secondary N) is 2. The van der Waals surface area contributed by atoms with E-state index in [2.05, 4.69) is 76.7 Å². The van der Waals surface area contributed by atoms with Gasteiger partial charge in [-0.05, 0) is 88.3 Å². The van der Waals surface area contributed by atoms with Gasteiger partial charge in [-0.15, -0.1) is 0 Å². The Kier molecular flexibility index (Phi) is 9.00. The molecule has 0 aliphatic carbocycles. The molecular weight excluding hydrogens is 522 g/mol. The number of carbonyl (C=O) groups excluding carboxylic acids is 2. The Hall–Kier alpha value is -4.06. The molecule has 42 heavy (non-hydrogen) atoms. The molecule has 1 aliphatic heterocycles. The summed E-state index contributed by atoms with van der Waals surface area (Å²) in [6.45, 7) is 9.80. The van der Waals surface area contributed by atoms with Gasteiger partial charge in [0.1, 0.15) is 5.60 Å². The van der Waals surface area contributed by atoms with Crippen LogP contribution in [0.15, 0.2) is 72.9 Å². The van der Waals surface area contributed by atoms with Gasteiger partial charge >= 0.3 is 5.97 Å². The molecule has 2 N–H and O–H groups in total. The van der Waals surface area contributed by atoms with E-state index in [1.807, 2.05) is 39.1 Å². The van der Waals surface area contributed by atoms with Gasteiger partial charge in [0.2, 0.25) is 5.91 Å².